The summed E-state index contributed by atoms with van der Waals surface area (Å²) in [6.45, 7) is 3.93. The molecule has 0 saturated heterocycles. The molecular formula is C20H18N2O3S. The third-order valence-electron chi connectivity index (χ3n) is 3.66. The highest BCUT2D eigenvalue weighted by Crippen LogP contribution is 2.21. The Morgan fingerprint density at radius 2 is 1.96 bits per heavy atom. The van der Waals surface area contributed by atoms with E-state index in [-0.39, 0.29) is 11.7 Å². The normalized spacial score (nSPS) is 10.4. The van der Waals surface area contributed by atoms with Gasteiger partial charge in [-0.25, -0.2) is 4.98 Å². The maximum absolute atomic E-state index is 12.4. The molecule has 1 aromatic heterocycles. The van der Waals surface area contributed by atoms with Crippen LogP contribution in [0.5, 0.6) is 5.75 Å². The van der Waals surface area contributed by atoms with Gasteiger partial charge in [0.25, 0.3) is 5.91 Å². The molecule has 2 aromatic carbocycles. The number of ketones is 1. The topological polar surface area (TPSA) is 68.3 Å². The fourth-order valence-corrected chi connectivity index (χ4v) is 3.07. The lowest BCUT2D eigenvalue weighted by atomic mass is 10.1. The summed E-state index contributed by atoms with van der Waals surface area (Å²) >= 11 is 1.15. The first kappa shape index (κ1) is 17.8. The number of benzene rings is 2. The van der Waals surface area contributed by atoms with Gasteiger partial charge in [0.2, 0.25) is 0 Å². The van der Waals surface area contributed by atoms with E-state index in [4.69, 9.17) is 4.74 Å². The van der Waals surface area contributed by atoms with Gasteiger partial charge in [0.1, 0.15) is 12.4 Å². The highest BCUT2D eigenvalue weighted by molar-refractivity contribution is 7.17. The zero-order chi connectivity index (χ0) is 18.5. The molecule has 1 N–H and O–H groups in total. The lowest BCUT2D eigenvalue weighted by Gasteiger charge is -2.08. The third-order valence-corrected chi connectivity index (χ3v) is 4.67. The third kappa shape index (κ3) is 4.55. The minimum atomic E-state index is -0.296. The minimum Gasteiger partial charge on any atom is -0.489 e. The average Bonchev–Trinajstić information content (AvgIpc) is 3.09. The highest BCUT2D eigenvalue weighted by Gasteiger charge is 2.11. The predicted molar refractivity (Wildman–Crippen MR) is 102 cm³/mol. The van der Waals surface area contributed by atoms with E-state index in [2.05, 4.69) is 16.4 Å². The van der Waals surface area contributed by atoms with E-state index in [0.29, 0.717) is 27.9 Å². The van der Waals surface area contributed by atoms with Crippen molar-refractivity contribution in [1.29, 1.82) is 0 Å². The molecule has 0 saturated carbocycles. The van der Waals surface area contributed by atoms with Crippen molar-refractivity contribution in [2.75, 3.05) is 5.32 Å². The Balaban J connectivity index is 1.65. The molecule has 1 amide bonds. The van der Waals surface area contributed by atoms with Crippen LogP contribution in [0.25, 0.3) is 0 Å². The zero-order valence-electron chi connectivity index (χ0n) is 14.5. The number of anilines is 1. The number of hydrogen-bond donors (Lipinski definition) is 1. The molecular weight excluding hydrogens is 348 g/mol. The van der Waals surface area contributed by atoms with Gasteiger partial charge in [-0.05, 0) is 30.7 Å². The van der Waals surface area contributed by atoms with E-state index >= 15 is 0 Å². The van der Waals surface area contributed by atoms with Crippen molar-refractivity contribution in [2.24, 2.45) is 0 Å². The number of amides is 1. The maximum Gasteiger partial charge on any atom is 0.257 e. The summed E-state index contributed by atoms with van der Waals surface area (Å²) in [6.07, 6.45) is 1.46. The molecule has 3 rings (SSSR count). The van der Waals surface area contributed by atoms with Gasteiger partial charge in [-0.15, -0.1) is 0 Å². The number of rotatable bonds is 6. The van der Waals surface area contributed by atoms with Crippen molar-refractivity contribution in [1.82, 2.24) is 4.98 Å². The van der Waals surface area contributed by atoms with Gasteiger partial charge in [0.05, 0.1) is 11.1 Å². The largest absolute Gasteiger partial charge is 0.489 e. The van der Waals surface area contributed by atoms with E-state index < -0.39 is 0 Å². The number of aromatic nitrogens is 1. The number of Topliss-reactive ketones (excluding diaryl/α,β-unsaturated/α-hetero) is 1. The quantitative estimate of drug-likeness (QED) is 0.653. The number of thiazole rings is 1. The minimum absolute atomic E-state index is 0.0745. The molecule has 26 heavy (non-hydrogen) atoms. The summed E-state index contributed by atoms with van der Waals surface area (Å²) in [5.74, 6) is 0.243. The summed E-state index contributed by atoms with van der Waals surface area (Å²) in [5.41, 5.74) is 2.71. The summed E-state index contributed by atoms with van der Waals surface area (Å²) < 4.78 is 5.79. The van der Waals surface area contributed by atoms with E-state index in [9.17, 15) is 9.59 Å². The smallest absolute Gasteiger partial charge is 0.257 e. The van der Waals surface area contributed by atoms with Crippen molar-refractivity contribution in [3.63, 3.8) is 0 Å². The second-order valence-corrected chi connectivity index (χ2v) is 6.88. The Kier molecular flexibility index (Phi) is 5.43. The Morgan fingerprint density at radius 3 is 2.69 bits per heavy atom. The fraction of sp³-hybridized carbons (Fsp3) is 0.150. The molecule has 3 aromatic rings. The van der Waals surface area contributed by atoms with Crippen LogP contribution in [0, 0.1) is 6.92 Å². The Hall–Kier alpha value is -2.99. The van der Waals surface area contributed by atoms with E-state index in [0.717, 1.165) is 16.9 Å². The molecule has 5 nitrogen and oxygen atoms in total. The van der Waals surface area contributed by atoms with Crippen LogP contribution in [0.3, 0.4) is 0 Å². The molecule has 0 bridgehead atoms. The van der Waals surface area contributed by atoms with Crippen LogP contribution in [-0.4, -0.2) is 16.7 Å². The van der Waals surface area contributed by atoms with Gasteiger partial charge in [0.15, 0.2) is 10.9 Å². The van der Waals surface area contributed by atoms with E-state index in [1.54, 1.807) is 18.2 Å². The van der Waals surface area contributed by atoms with Gasteiger partial charge in [-0.2, -0.15) is 0 Å². The van der Waals surface area contributed by atoms with Crippen LogP contribution < -0.4 is 10.1 Å². The molecule has 0 aliphatic rings. The van der Waals surface area contributed by atoms with Gasteiger partial charge in [-0.1, -0.05) is 47.2 Å². The van der Waals surface area contributed by atoms with Crippen molar-refractivity contribution >= 4 is 28.2 Å². The average molecular weight is 366 g/mol. The number of nitrogens with zero attached hydrogens (tertiary/aromatic N) is 1. The number of ether oxygens (including phenoxy) is 1. The zero-order valence-corrected chi connectivity index (χ0v) is 15.3. The summed E-state index contributed by atoms with van der Waals surface area (Å²) in [6, 6.07) is 15.0. The molecule has 0 unspecified atom stereocenters. The molecule has 0 atom stereocenters. The first-order valence-electron chi connectivity index (χ1n) is 8.08. The monoisotopic (exact) mass is 366 g/mol. The Morgan fingerprint density at radius 1 is 1.15 bits per heavy atom. The lowest BCUT2D eigenvalue weighted by Crippen LogP contribution is -2.11. The van der Waals surface area contributed by atoms with Crippen molar-refractivity contribution in [2.45, 2.75) is 20.5 Å². The first-order chi connectivity index (χ1) is 12.5. The maximum atomic E-state index is 12.4. The fourth-order valence-electron chi connectivity index (χ4n) is 2.36. The van der Waals surface area contributed by atoms with Crippen LogP contribution in [-0.2, 0) is 6.61 Å². The summed E-state index contributed by atoms with van der Waals surface area (Å²) in [4.78, 5) is 28.2. The van der Waals surface area contributed by atoms with E-state index in [1.165, 1.54) is 18.7 Å². The molecule has 0 radical (unpaired) electrons. The number of carbonyl (C=O) groups excluding carboxylic acids is 2. The SMILES string of the molecule is CC(=O)c1cnc(NC(=O)c2cccc(OCc3cccc(C)c3)c2)s1. The van der Waals surface area contributed by atoms with Gasteiger partial charge in [0, 0.05) is 12.5 Å². The standard InChI is InChI=1S/C20H18N2O3S/c1-13-5-3-6-15(9-13)12-25-17-8-4-7-16(10-17)19(24)22-20-21-11-18(26-20)14(2)23/h3-11H,12H2,1-2H3,(H,21,22,24). The molecule has 132 valence electrons. The van der Waals surface area contributed by atoms with Gasteiger partial charge in [-0.3, -0.25) is 14.9 Å². The molecule has 0 spiro atoms. The second-order valence-electron chi connectivity index (χ2n) is 5.85. The Labute approximate surface area is 155 Å². The predicted octanol–water partition coefficient (Wildman–Crippen LogP) is 4.49. The number of hydrogen-bond acceptors (Lipinski definition) is 5. The molecule has 6 heteroatoms. The Bertz CT molecular complexity index is 949. The van der Waals surface area contributed by atoms with Gasteiger partial charge < -0.3 is 4.74 Å². The van der Waals surface area contributed by atoms with Crippen LogP contribution in [0.15, 0.2) is 54.7 Å². The van der Waals surface area contributed by atoms with Crippen molar-refractivity contribution in [3.05, 3.63) is 76.3 Å². The van der Waals surface area contributed by atoms with Crippen LogP contribution in [0.2, 0.25) is 0 Å². The number of aryl methyl sites for hydroxylation is 1. The second kappa shape index (κ2) is 7.93. The number of nitrogens with one attached hydrogen (secondary N) is 1. The van der Waals surface area contributed by atoms with Crippen LogP contribution in [0.4, 0.5) is 5.13 Å². The molecule has 0 aliphatic carbocycles. The molecule has 0 aliphatic heterocycles. The van der Waals surface area contributed by atoms with Crippen LogP contribution in [0.1, 0.15) is 38.1 Å². The summed E-state index contributed by atoms with van der Waals surface area (Å²) in [7, 11) is 0. The van der Waals surface area contributed by atoms with E-state index in [1.807, 2.05) is 31.2 Å². The number of carbonyl (C=O) groups is 2. The van der Waals surface area contributed by atoms with Crippen molar-refractivity contribution < 1.29 is 14.3 Å². The first-order valence-corrected chi connectivity index (χ1v) is 8.89. The van der Waals surface area contributed by atoms with Crippen LogP contribution >= 0.6 is 11.3 Å². The highest BCUT2D eigenvalue weighted by atomic mass is 32.1. The molecule has 0 fully saturated rings. The van der Waals surface area contributed by atoms with Gasteiger partial charge >= 0.3 is 0 Å². The van der Waals surface area contributed by atoms with Crippen molar-refractivity contribution in [3.8, 4) is 5.75 Å². The molecule has 1 heterocycles. The summed E-state index contributed by atoms with van der Waals surface area (Å²) in [5, 5.41) is 3.10. The lowest BCUT2D eigenvalue weighted by molar-refractivity contribution is 0.101.